The Morgan fingerprint density at radius 3 is 2.17 bits per heavy atom. The van der Waals surface area contributed by atoms with E-state index in [1.165, 1.54) is 44.1 Å². The molecule has 3 heterocycles. The molecule has 0 aliphatic heterocycles. The predicted molar refractivity (Wildman–Crippen MR) is 191 cm³/mol. The average Bonchev–Trinajstić information content (AvgIpc) is 3.77. The Balaban J connectivity index is 1.20. The number of hydrogen-bond donors (Lipinski definition) is 0. The zero-order chi connectivity index (χ0) is 31.3. The Morgan fingerprint density at radius 1 is 0.532 bits per heavy atom. The normalized spacial score (nSPS) is 13.5. The molecule has 0 radical (unpaired) electrons. The van der Waals surface area contributed by atoms with Crippen LogP contribution in [0.25, 0.3) is 77.9 Å². The minimum atomic E-state index is -0.0863. The minimum absolute atomic E-state index is 0.0863. The van der Waals surface area contributed by atoms with Crippen LogP contribution in [0.4, 0.5) is 0 Å². The third kappa shape index (κ3) is 3.68. The zero-order valence-corrected chi connectivity index (χ0v) is 26.0. The van der Waals surface area contributed by atoms with E-state index in [4.69, 9.17) is 15.1 Å². The second-order valence-corrected chi connectivity index (χ2v) is 13.0. The van der Waals surface area contributed by atoms with Crippen LogP contribution < -0.4 is 0 Å². The summed E-state index contributed by atoms with van der Waals surface area (Å²) in [5.74, 6) is 0.667. The van der Waals surface area contributed by atoms with Gasteiger partial charge < -0.3 is 4.57 Å². The van der Waals surface area contributed by atoms with E-state index in [-0.39, 0.29) is 5.41 Å². The van der Waals surface area contributed by atoms with Gasteiger partial charge in [0.15, 0.2) is 11.5 Å². The maximum atomic E-state index is 5.13. The van der Waals surface area contributed by atoms with Crippen LogP contribution in [0.2, 0.25) is 0 Å². The summed E-state index contributed by atoms with van der Waals surface area (Å²) < 4.78 is 4.34. The number of rotatable bonds is 3. The van der Waals surface area contributed by atoms with Crippen molar-refractivity contribution in [3.05, 3.63) is 151 Å². The maximum Gasteiger partial charge on any atom is 0.182 e. The van der Waals surface area contributed by atoms with Gasteiger partial charge in [-0.25, -0.2) is 14.5 Å². The molecule has 0 bridgehead atoms. The van der Waals surface area contributed by atoms with Crippen molar-refractivity contribution in [3.8, 4) is 39.5 Å². The van der Waals surface area contributed by atoms with E-state index in [1.54, 1.807) is 0 Å². The van der Waals surface area contributed by atoms with Crippen LogP contribution in [-0.4, -0.2) is 24.1 Å². The Labute approximate surface area is 271 Å². The van der Waals surface area contributed by atoms with Gasteiger partial charge >= 0.3 is 0 Å². The average molecular weight is 604 g/mol. The van der Waals surface area contributed by atoms with Crippen molar-refractivity contribution < 1.29 is 0 Å². The number of aromatic nitrogens is 5. The van der Waals surface area contributed by atoms with Gasteiger partial charge in [-0.15, -0.1) is 5.10 Å². The first-order valence-electron chi connectivity index (χ1n) is 16.1. The fraction of sp³-hybridized carbons (Fsp3) is 0.0714. The number of benzene rings is 6. The summed E-state index contributed by atoms with van der Waals surface area (Å²) in [6.45, 7) is 4.68. The van der Waals surface area contributed by atoms with Crippen LogP contribution in [0.5, 0.6) is 0 Å². The van der Waals surface area contributed by atoms with Crippen molar-refractivity contribution in [2.24, 2.45) is 0 Å². The second-order valence-electron chi connectivity index (χ2n) is 13.0. The smallest absolute Gasteiger partial charge is 0.182 e. The molecule has 10 rings (SSSR count). The van der Waals surface area contributed by atoms with Gasteiger partial charge in [0.1, 0.15) is 5.69 Å². The van der Waals surface area contributed by atoms with Crippen LogP contribution in [-0.2, 0) is 5.41 Å². The Hall–Kier alpha value is -6.07. The Kier molecular flexibility index (Phi) is 5.28. The van der Waals surface area contributed by atoms with Gasteiger partial charge in [0, 0.05) is 33.0 Å². The van der Waals surface area contributed by atoms with E-state index < -0.39 is 0 Å². The zero-order valence-electron chi connectivity index (χ0n) is 26.0. The topological polar surface area (TPSA) is 48.0 Å². The number of fused-ring (bicyclic) bond motifs is 9. The molecule has 0 unspecified atom stereocenters. The first-order valence-corrected chi connectivity index (χ1v) is 16.1. The van der Waals surface area contributed by atoms with Crippen molar-refractivity contribution in [2.45, 2.75) is 19.3 Å². The van der Waals surface area contributed by atoms with E-state index in [1.807, 2.05) is 40.9 Å². The molecule has 222 valence electrons. The van der Waals surface area contributed by atoms with Gasteiger partial charge in [0.25, 0.3) is 0 Å². The molecule has 1 aliphatic carbocycles. The summed E-state index contributed by atoms with van der Waals surface area (Å²) >= 11 is 0. The molecule has 0 atom stereocenters. The molecule has 47 heavy (non-hydrogen) atoms. The highest BCUT2D eigenvalue weighted by Crippen LogP contribution is 2.51. The van der Waals surface area contributed by atoms with Crippen molar-refractivity contribution in [1.82, 2.24) is 24.1 Å². The molecule has 0 N–H and O–H groups in total. The molecule has 1 aliphatic rings. The lowest BCUT2D eigenvalue weighted by atomic mass is 9.82. The number of para-hydroxylation sites is 3. The fourth-order valence-electron chi connectivity index (χ4n) is 7.68. The summed E-state index contributed by atoms with van der Waals surface area (Å²) in [7, 11) is 0. The van der Waals surface area contributed by atoms with Crippen molar-refractivity contribution in [3.63, 3.8) is 0 Å². The van der Waals surface area contributed by atoms with E-state index >= 15 is 0 Å². The minimum Gasteiger partial charge on any atom is -0.309 e. The third-order valence-corrected chi connectivity index (χ3v) is 9.95. The highest BCUT2D eigenvalue weighted by Gasteiger charge is 2.36. The quantitative estimate of drug-likeness (QED) is 0.202. The van der Waals surface area contributed by atoms with E-state index in [0.717, 1.165) is 39.2 Å². The van der Waals surface area contributed by atoms with Gasteiger partial charge in [0.2, 0.25) is 0 Å². The van der Waals surface area contributed by atoms with E-state index in [2.05, 4.69) is 122 Å². The summed E-state index contributed by atoms with van der Waals surface area (Å²) in [5.41, 5.74) is 14.1. The van der Waals surface area contributed by atoms with Gasteiger partial charge in [-0.3, -0.25) is 0 Å². The Morgan fingerprint density at radius 2 is 1.28 bits per heavy atom. The van der Waals surface area contributed by atoms with E-state index in [9.17, 15) is 0 Å². The molecular formula is C42H29N5. The summed E-state index contributed by atoms with van der Waals surface area (Å²) in [4.78, 5) is 10.2. The highest BCUT2D eigenvalue weighted by molar-refractivity contribution is 6.11. The molecule has 5 heteroatoms. The van der Waals surface area contributed by atoms with Crippen molar-refractivity contribution >= 4 is 38.5 Å². The molecule has 0 amide bonds. The molecule has 0 spiro atoms. The van der Waals surface area contributed by atoms with Crippen molar-refractivity contribution in [2.75, 3.05) is 0 Å². The molecule has 3 aromatic heterocycles. The van der Waals surface area contributed by atoms with Gasteiger partial charge in [0.05, 0.1) is 22.1 Å². The molecule has 5 nitrogen and oxygen atoms in total. The predicted octanol–water partition coefficient (Wildman–Crippen LogP) is 10.0. The number of nitrogens with zero attached hydrogens (tertiary/aromatic N) is 5. The summed E-state index contributed by atoms with van der Waals surface area (Å²) in [6, 6.07) is 49.4. The molecular weight excluding hydrogens is 574 g/mol. The SMILES string of the molecule is CC1(C)c2ccccc2-c2cc3c4ccccc4n(-c4cccc(-c5nc6c(-c7ccccc7)nc7ccccc7n6n5)c4)c3cc21. The van der Waals surface area contributed by atoms with Crippen LogP contribution in [0, 0.1) is 0 Å². The van der Waals surface area contributed by atoms with Gasteiger partial charge in [-0.2, -0.15) is 0 Å². The summed E-state index contributed by atoms with van der Waals surface area (Å²) in [6.07, 6.45) is 0. The molecule has 0 saturated carbocycles. The van der Waals surface area contributed by atoms with Gasteiger partial charge in [-0.1, -0.05) is 111 Å². The first kappa shape index (κ1) is 26.2. The van der Waals surface area contributed by atoms with Gasteiger partial charge in [-0.05, 0) is 64.7 Å². The van der Waals surface area contributed by atoms with E-state index in [0.29, 0.717) is 5.82 Å². The monoisotopic (exact) mass is 603 g/mol. The lowest BCUT2D eigenvalue weighted by Crippen LogP contribution is -2.14. The molecule has 6 aromatic carbocycles. The maximum absolute atomic E-state index is 5.13. The largest absolute Gasteiger partial charge is 0.309 e. The first-order chi connectivity index (χ1) is 23.1. The van der Waals surface area contributed by atoms with Crippen molar-refractivity contribution in [1.29, 1.82) is 0 Å². The lowest BCUT2D eigenvalue weighted by molar-refractivity contribution is 0.661. The highest BCUT2D eigenvalue weighted by atomic mass is 15.3. The third-order valence-electron chi connectivity index (χ3n) is 9.95. The molecule has 0 saturated heterocycles. The molecule has 0 fully saturated rings. The van der Waals surface area contributed by atoms with Crippen LogP contribution in [0.15, 0.2) is 140 Å². The second kappa shape index (κ2) is 9.47. The van der Waals surface area contributed by atoms with Crippen LogP contribution in [0.3, 0.4) is 0 Å². The fourth-order valence-corrected chi connectivity index (χ4v) is 7.68. The number of hydrogen-bond acceptors (Lipinski definition) is 3. The van der Waals surface area contributed by atoms with Crippen LogP contribution >= 0.6 is 0 Å². The standard InChI is InChI=1S/C42H29N5/c1-42(2)33-19-8-6-17-29(33)31-24-32-30-18-7-10-21-36(30)46(38(32)25-34(31)42)28-16-12-15-27(23-28)40-44-41-39(26-13-4-3-5-14-26)43-35-20-9-11-22-37(35)47(41)45-40/h3-25H,1-2H3. The van der Waals surface area contributed by atoms with Crippen LogP contribution in [0.1, 0.15) is 25.0 Å². The lowest BCUT2D eigenvalue weighted by Gasteiger charge is -2.21. The summed E-state index contributed by atoms with van der Waals surface area (Å²) in [5, 5.41) is 7.59. The molecule has 9 aromatic rings. The Bertz CT molecular complexity index is 2710.